The van der Waals surface area contributed by atoms with E-state index in [1.54, 1.807) is 11.3 Å². The molecule has 0 saturated heterocycles. The van der Waals surface area contributed by atoms with Crippen molar-refractivity contribution in [3.63, 3.8) is 0 Å². The van der Waals surface area contributed by atoms with Gasteiger partial charge in [0.15, 0.2) is 0 Å². The molecule has 0 spiro atoms. The second-order valence-corrected chi connectivity index (χ2v) is 6.91. The lowest BCUT2D eigenvalue weighted by atomic mass is 9.76. The van der Waals surface area contributed by atoms with Crippen LogP contribution in [0.3, 0.4) is 0 Å². The van der Waals surface area contributed by atoms with Gasteiger partial charge in [0.25, 0.3) is 5.56 Å². The Morgan fingerprint density at radius 1 is 1.50 bits per heavy atom. The van der Waals surface area contributed by atoms with Gasteiger partial charge in [0.1, 0.15) is 5.69 Å². The number of rotatable bonds is 6. The molecule has 128 valence electrons. The molecule has 0 aliphatic heterocycles. The molecule has 0 aromatic carbocycles. The number of carbonyl (C=O) groups is 1. The summed E-state index contributed by atoms with van der Waals surface area (Å²) >= 11 is 1.58. The van der Waals surface area contributed by atoms with Crippen molar-refractivity contribution in [2.75, 3.05) is 5.73 Å². The van der Waals surface area contributed by atoms with Crippen LogP contribution in [0.2, 0.25) is 0 Å². The van der Waals surface area contributed by atoms with Crippen molar-refractivity contribution in [3.05, 3.63) is 38.4 Å². The standard InChI is InChI=1S/C15H19N5O3S/c16-15-18-14(23)10(19-20-15)3-4-12(22)17-13(8-6-9(21)7-8)11-2-1-5-24-11/h1-2,5,8-9,13,21H,3-4,6-7H2,(H,17,22)(H3,16,18,20,23)/t8?,9?,13-/m1/s1. The fourth-order valence-corrected chi connectivity index (χ4v) is 3.68. The number of amides is 1. The molecular weight excluding hydrogens is 330 g/mol. The van der Waals surface area contributed by atoms with Crippen molar-refractivity contribution in [2.24, 2.45) is 5.92 Å². The zero-order valence-electron chi connectivity index (χ0n) is 12.9. The lowest BCUT2D eigenvalue weighted by Crippen LogP contribution is -2.41. The highest BCUT2D eigenvalue weighted by Crippen LogP contribution is 2.39. The van der Waals surface area contributed by atoms with Crippen LogP contribution in [0.4, 0.5) is 5.95 Å². The van der Waals surface area contributed by atoms with E-state index in [1.165, 1.54) is 0 Å². The Balaban J connectivity index is 1.60. The van der Waals surface area contributed by atoms with E-state index in [0.717, 1.165) is 4.88 Å². The third-order valence-corrected chi connectivity index (χ3v) is 5.11. The number of aliphatic hydroxyl groups is 1. The van der Waals surface area contributed by atoms with Crippen LogP contribution in [0.25, 0.3) is 0 Å². The summed E-state index contributed by atoms with van der Waals surface area (Å²) in [6, 6.07) is 3.82. The predicted molar refractivity (Wildman–Crippen MR) is 89.3 cm³/mol. The fraction of sp³-hybridized carbons (Fsp3) is 0.467. The quantitative estimate of drug-likeness (QED) is 0.595. The number of hydrogen-bond donors (Lipinski definition) is 4. The Bertz CT molecular complexity index is 755. The number of aryl methyl sites for hydroxylation is 1. The Kier molecular flexibility index (Phi) is 4.91. The van der Waals surface area contributed by atoms with E-state index in [1.807, 2.05) is 17.5 Å². The molecule has 1 fully saturated rings. The predicted octanol–water partition coefficient (Wildman–Crippen LogP) is 0.370. The number of anilines is 1. The number of thiophene rings is 1. The molecule has 0 bridgehead atoms. The summed E-state index contributed by atoms with van der Waals surface area (Å²) in [4.78, 5) is 27.4. The van der Waals surface area contributed by atoms with Crippen molar-refractivity contribution < 1.29 is 9.90 Å². The molecule has 2 aromatic rings. The molecule has 1 atom stereocenters. The first-order chi connectivity index (χ1) is 11.5. The molecule has 2 aromatic heterocycles. The van der Waals surface area contributed by atoms with Gasteiger partial charge in [0.2, 0.25) is 11.9 Å². The topological polar surface area (TPSA) is 134 Å². The molecule has 1 aliphatic rings. The summed E-state index contributed by atoms with van der Waals surface area (Å²) in [5.41, 5.74) is 5.10. The van der Waals surface area contributed by atoms with Gasteiger partial charge in [0.05, 0.1) is 12.1 Å². The number of nitrogens with zero attached hydrogens (tertiary/aromatic N) is 2. The van der Waals surface area contributed by atoms with Gasteiger partial charge in [-0.1, -0.05) is 6.07 Å². The monoisotopic (exact) mass is 349 g/mol. The van der Waals surface area contributed by atoms with Gasteiger partial charge in [-0.2, -0.15) is 0 Å². The van der Waals surface area contributed by atoms with Gasteiger partial charge < -0.3 is 16.2 Å². The van der Waals surface area contributed by atoms with E-state index >= 15 is 0 Å². The van der Waals surface area contributed by atoms with Crippen LogP contribution in [0.15, 0.2) is 22.3 Å². The maximum atomic E-state index is 12.3. The normalized spacial score (nSPS) is 21.0. The van der Waals surface area contributed by atoms with Crippen molar-refractivity contribution in [3.8, 4) is 0 Å². The first-order valence-electron chi connectivity index (χ1n) is 7.75. The smallest absolute Gasteiger partial charge is 0.274 e. The van der Waals surface area contributed by atoms with E-state index in [-0.39, 0.29) is 48.5 Å². The summed E-state index contributed by atoms with van der Waals surface area (Å²) in [7, 11) is 0. The average molecular weight is 349 g/mol. The van der Waals surface area contributed by atoms with Gasteiger partial charge in [-0.05, 0) is 30.2 Å². The number of H-pyrrole nitrogens is 1. The van der Waals surface area contributed by atoms with Crippen LogP contribution in [0, 0.1) is 5.92 Å². The summed E-state index contributed by atoms with van der Waals surface area (Å²) in [5, 5.41) is 21.8. The first kappa shape index (κ1) is 16.6. The highest BCUT2D eigenvalue weighted by Gasteiger charge is 2.36. The molecule has 2 heterocycles. The van der Waals surface area contributed by atoms with E-state index in [9.17, 15) is 14.7 Å². The van der Waals surface area contributed by atoms with E-state index in [2.05, 4.69) is 20.5 Å². The van der Waals surface area contributed by atoms with Crippen LogP contribution >= 0.6 is 11.3 Å². The summed E-state index contributed by atoms with van der Waals surface area (Å²) in [6.07, 6.45) is 1.42. The summed E-state index contributed by atoms with van der Waals surface area (Å²) in [5.74, 6) is 0.0321. The first-order valence-corrected chi connectivity index (χ1v) is 8.63. The third kappa shape index (κ3) is 3.80. The third-order valence-electron chi connectivity index (χ3n) is 4.16. The molecule has 1 amide bonds. The minimum absolute atomic E-state index is 0.0468. The van der Waals surface area contributed by atoms with E-state index in [0.29, 0.717) is 12.8 Å². The number of carbonyl (C=O) groups excluding carboxylic acids is 1. The SMILES string of the molecule is Nc1nnc(CCC(=O)N[C@@H](c2cccs2)C2CC(O)C2)c(=O)[nH]1. The zero-order valence-corrected chi connectivity index (χ0v) is 13.8. The summed E-state index contributed by atoms with van der Waals surface area (Å²) < 4.78 is 0. The van der Waals surface area contributed by atoms with Crippen molar-refractivity contribution in [2.45, 2.75) is 37.8 Å². The minimum atomic E-state index is -0.424. The van der Waals surface area contributed by atoms with Crippen LogP contribution in [-0.2, 0) is 11.2 Å². The second kappa shape index (κ2) is 7.10. The minimum Gasteiger partial charge on any atom is -0.393 e. The van der Waals surface area contributed by atoms with Gasteiger partial charge in [-0.25, -0.2) is 0 Å². The van der Waals surface area contributed by atoms with E-state index in [4.69, 9.17) is 5.73 Å². The second-order valence-electron chi connectivity index (χ2n) is 5.93. The molecule has 9 heteroatoms. The van der Waals surface area contributed by atoms with Gasteiger partial charge in [0, 0.05) is 17.7 Å². The molecule has 0 unspecified atom stereocenters. The molecule has 8 nitrogen and oxygen atoms in total. The maximum Gasteiger partial charge on any atom is 0.274 e. The fourth-order valence-electron chi connectivity index (χ4n) is 2.81. The number of aromatic nitrogens is 3. The molecule has 1 aliphatic carbocycles. The number of aliphatic hydroxyl groups excluding tert-OH is 1. The van der Waals surface area contributed by atoms with Gasteiger partial charge in [-0.3, -0.25) is 14.6 Å². The zero-order chi connectivity index (χ0) is 17.1. The Morgan fingerprint density at radius 2 is 2.29 bits per heavy atom. The van der Waals surface area contributed by atoms with Crippen LogP contribution in [0.5, 0.6) is 0 Å². The molecule has 24 heavy (non-hydrogen) atoms. The largest absolute Gasteiger partial charge is 0.393 e. The number of aromatic amines is 1. The number of nitrogens with two attached hydrogens (primary N) is 1. The number of hydrogen-bond acceptors (Lipinski definition) is 7. The highest BCUT2D eigenvalue weighted by atomic mass is 32.1. The number of nitrogens with one attached hydrogen (secondary N) is 2. The number of nitrogen functional groups attached to an aromatic ring is 1. The Hall–Kier alpha value is -2.26. The van der Waals surface area contributed by atoms with Crippen molar-refractivity contribution in [1.29, 1.82) is 0 Å². The lowest BCUT2D eigenvalue weighted by Gasteiger charge is -2.37. The lowest BCUT2D eigenvalue weighted by molar-refractivity contribution is -0.123. The average Bonchev–Trinajstić information content (AvgIpc) is 3.03. The molecular formula is C15H19N5O3S. The molecule has 1 saturated carbocycles. The van der Waals surface area contributed by atoms with Crippen LogP contribution in [-0.4, -0.2) is 32.3 Å². The maximum absolute atomic E-state index is 12.3. The van der Waals surface area contributed by atoms with E-state index < -0.39 is 5.56 Å². The van der Waals surface area contributed by atoms with Gasteiger partial charge in [-0.15, -0.1) is 21.5 Å². The van der Waals surface area contributed by atoms with Crippen LogP contribution in [0.1, 0.15) is 35.9 Å². The van der Waals surface area contributed by atoms with Gasteiger partial charge >= 0.3 is 0 Å². The summed E-state index contributed by atoms with van der Waals surface area (Å²) in [6.45, 7) is 0. The molecule has 0 radical (unpaired) electrons. The Labute approximate surface area is 142 Å². The Morgan fingerprint density at radius 3 is 2.92 bits per heavy atom. The van der Waals surface area contributed by atoms with Crippen molar-refractivity contribution >= 4 is 23.2 Å². The molecule has 3 rings (SSSR count). The molecule has 5 N–H and O–H groups in total. The van der Waals surface area contributed by atoms with Crippen LogP contribution < -0.4 is 16.6 Å². The highest BCUT2D eigenvalue weighted by molar-refractivity contribution is 7.10. The van der Waals surface area contributed by atoms with Crippen molar-refractivity contribution in [1.82, 2.24) is 20.5 Å².